The number of fused-ring (bicyclic) bond motifs is 1. The van der Waals surface area contributed by atoms with Gasteiger partial charge in [-0.15, -0.1) is 13.2 Å². The minimum absolute atomic E-state index is 0.191. The van der Waals surface area contributed by atoms with E-state index in [0.29, 0.717) is 17.1 Å². The van der Waals surface area contributed by atoms with Crippen molar-refractivity contribution >= 4 is 11.0 Å². The molecule has 0 fully saturated rings. The Morgan fingerprint density at radius 1 is 0.923 bits per heavy atom. The monoisotopic (exact) mass is 366 g/mol. The maximum Gasteiger partial charge on any atom is 0.573 e. The van der Waals surface area contributed by atoms with Gasteiger partial charge in [0.05, 0.1) is 14.2 Å². The Balaban J connectivity index is 2.07. The van der Waals surface area contributed by atoms with Crippen molar-refractivity contribution < 1.29 is 31.8 Å². The van der Waals surface area contributed by atoms with E-state index in [4.69, 9.17) is 13.9 Å². The van der Waals surface area contributed by atoms with Gasteiger partial charge < -0.3 is 18.6 Å². The minimum atomic E-state index is -4.77. The van der Waals surface area contributed by atoms with E-state index in [0.717, 1.165) is 12.1 Å². The van der Waals surface area contributed by atoms with Crippen LogP contribution < -0.4 is 19.6 Å². The third kappa shape index (κ3) is 3.58. The van der Waals surface area contributed by atoms with Crippen LogP contribution in [0.4, 0.5) is 13.2 Å². The number of hydrogen-bond acceptors (Lipinski definition) is 5. The van der Waals surface area contributed by atoms with Gasteiger partial charge in [0.25, 0.3) is 0 Å². The molecule has 0 unspecified atom stereocenters. The van der Waals surface area contributed by atoms with Crippen molar-refractivity contribution in [1.82, 2.24) is 0 Å². The lowest BCUT2D eigenvalue weighted by molar-refractivity contribution is -0.274. The van der Waals surface area contributed by atoms with Crippen LogP contribution in [-0.4, -0.2) is 20.6 Å². The van der Waals surface area contributed by atoms with Gasteiger partial charge in [-0.05, 0) is 24.3 Å². The van der Waals surface area contributed by atoms with Crippen LogP contribution in [0.2, 0.25) is 0 Å². The Bertz CT molecular complexity index is 991. The molecule has 0 N–H and O–H groups in total. The van der Waals surface area contributed by atoms with Crippen molar-refractivity contribution in [2.75, 3.05) is 14.2 Å². The highest BCUT2D eigenvalue weighted by Crippen LogP contribution is 2.32. The fourth-order valence-corrected chi connectivity index (χ4v) is 2.47. The summed E-state index contributed by atoms with van der Waals surface area (Å²) in [6.07, 6.45) is -4.77. The van der Waals surface area contributed by atoms with E-state index in [1.807, 2.05) is 0 Å². The molecule has 1 heterocycles. The zero-order chi connectivity index (χ0) is 18.9. The number of rotatable bonds is 4. The molecule has 8 heteroatoms. The van der Waals surface area contributed by atoms with E-state index in [1.165, 1.54) is 38.5 Å². The SMILES string of the molecule is COc1cc(OC)c2c(=O)cc(-c3ccc(OC(F)(F)F)cc3)oc2c1. The fourth-order valence-electron chi connectivity index (χ4n) is 2.47. The van der Waals surface area contributed by atoms with Gasteiger partial charge in [-0.3, -0.25) is 4.79 Å². The van der Waals surface area contributed by atoms with Crippen molar-refractivity contribution in [3.05, 3.63) is 52.7 Å². The lowest BCUT2D eigenvalue weighted by atomic mass is 10.1. The number of hydrogen-bond donors (Lipinski definition) is 0. The first-order chi connectivity index (χ1) is 12.3. The summed E-state index contributed by atoms with van der Waals surface area (Å²) in [5, 5.41) is 0.245. The Kier molecular flexibility index (Phi) is 4.50. The molecule has 0 saturated heterocycles. The lowest BCUT2D eigenvalue weighted by Gasteiger charge is -2.10. The summed E-state index contributed by atoms with van der Waals surface area (Å²) in [6.45, 7) is 0. The van der Waals surface area contributed by atoms with Crippen molar-refractivity contribution in [2.45, 2.75) is 6.36 Å². The highest BCUT2D eigenvalue weighted by Gasteiger charge is 2.31. The van der Waals surface area contributed by atoms with E-state index < -0.39 is 6.36 Å². The van der Waals surface area contributed by atoms with Gasteiger partial charge in [0.2, 0.25) is 0 Å². The Morgan fingerprint density at radius 3 is 2.19 bits per heavy atom. The topological polar surface area (TPSA) is 57.9 Å². The Labute approximate surface area is 145 Å². The predicted molar refractivity (Wildman–Crippen MR) is 87.7 cm³/mol. The van der Waals surface area contributed by atoms with Crippen LogP contribution in [0.1, 0.15) is 0 Å². The average Bonchev–Trinajstić information content (AvgIpc) is 2.59. The highest BCUT2D eigenvalue weighted by atomic mass is 19.4. The van der Waals surface area contributed by atoms with Gasteiger partial charge in [-0.2, -0.15) is 0 Å². The first-order valence-electron chi connectivity index (χ1n) is 7.37. The first kappa shape index (κ1) is 17.7. The summed E-state index contributed by atoms with van der Waals surface area (Å²) in [7, 11) is 2.88. The standard InChI is InChI=1S/C18H13F3O5/c1-23-12-7-15(24-2)17-13(22)9-14(25-16(17)8-12)10-3-5-11(6-4-10)26-18(19,20)21/h3-9H,1-2H3. The largest absolute Gasteiger partial charge is 0.573 e. The van der Waals surface area contributed by atoms with Crippen LogP contribution in [0, 0.1) is 0 Å². The van der Waals surface area contributed by atoms with Gasteiger partial charge in [0.1, 0.15) is 34.0 Å². The predicted octanol–water partition coefficient (Wildman–Crippen LogP) is 4.38. The molecule has 136 valence electrons. The number of methoxy groups -OCH3 is 2. The van der Waals surface area contributed by atoms with Gasteiger partial charge >= 0.3 is 6.36 Å². The zero-order valence-electron chi connectivity index (χ0n) is 13.7. The third-order valence-electron chi connectivity index (χ3n) is 3.60. The average molecular weight is 366 g/mol. The first-order valence-corrected chi connectivity index (χ1v) is 7.37. The lowest BCUT2D eigenvalue weighted by Crippen LogP contribution is -2.16. The Morgan fingerprint density at radius 2 is 1.62 bits per heavy atom. The second-order valence-electron chi connectivity index (χ2n) is 5.25. The van der Waals surface area contributed by atoms with Crippen LogP contribution >= 0.6 is 0 Å². The molecule has 0 aliphatic heterocycles. The van der Waals surface area contributed by atoms with E-state index in [2.05, 4.69) is 4.74 Å². The van der Waals surface area contributed by atoms with Gasteiger partial charge in [0.15, 0.2) is 5.43 Å². The molecule has 3 rings (SSSR count). The molecule has 3 aromatic rings. The summed E-state index contributed by atoms with van der Waals surface area (Å²) in [4.78, 5) is 12.5. The second kappa shape index (κ2) is 6.62. The van der Waals surface area contributed by atoms with Gasteiger partial charge in [-0.1, -0.05) is 0 Å². The summed E-state index contributed by atoms with van der Waals surface area (Å²) >= 11 is 0. The molecule has 0 aliphatic rings. The highest BCUT2D eigenvalue weighted by molar-refractivity contribution is 5.86. The number of ether oxygens (including phenoxy) is 3. The molecule has 0 saturated carbocycles. The molecule has 26 heavy (non-hydrogen) atoms. The van der Waals surface area contributed by atoms with Crippen molar-refractivity contribution in [3.63, 3.8) is 0 Å². The number of halogens is 3. The van der Waals surface area contributed by atoms with E-state index in [9.17, 15) is 18.0 Å². The minimum Gasteiger partial charge on any atom is -0.496 e. The fraction of sp³-hybridized carbons (Fsp3) is 0.167. The van der Waals surface area contributed by atoms with Crippen molar-refractivity contribution in [1.29, 1.82) is 0 Å². The van der Waals surface area contributed by atoms with Crippen molar-refractivity contribution in [3.8, 4) is 28.6 Å². The molecule has 0 amide bonds. The smallest absolute Gasteiger partial charge is 0.496 e. The molecule has 0 atom stereocenters. The van der Waals surface area contributed by atoms with E-state index >= 15 is 0 Å². The number of benzene rings is 2. The Hall–Kier alpha value is -3.16. The van der Waals surface area contributed by atoms with Crippen LogP contribution in [0.15, 0.2) is 51.7 Å². The molecule has 0 aliphatic carbocycles. The maximum atomic E-state index is 12.5. The van der Waals surface area contributed by atoms with Crippen LogP contribution in [0.3, 0.4) is 0 Å². The zero-order valence-corrected chi connectivity index (χ0v) is 13.7. The van der Waals surface area contributed by atoms with E-state index in [-0.39, 0.29) is 27.9 Å². The summed E-state index contributed by atoms with van der Waals surface area (Å²) in [5.41, 5.74) is 0.302. The van der Waals surface area contributed by atoms with Crippen LogP contribution in [-0.2, 0) is 0 Å². The maximum absolute atomic E-state index is 12.5. The number of alkyl halides is 3. The molecule has 5 nitrogen and oxygen atoms in total. The molecule has 2 aromatic carbocycles. The third-order valence-corrected chi connectivity index (χ3v) is 3.60. The van der Waals surface area contributed by atoms with Crippen LogP contribution in [0.25, 0.3) is 22.3 Å². The molecular formula is C18H13F3O5. The molecule has 0 spiro atoms. The van der Waals surface area contributed by atoms with Gasteiger partial charge in [-0.25, -0.2) is 0 Å². The molecule has 0 bridgehead atoms. The van der Waals surface area contributed by atoms with Crippen molar-refractivity contribution in [2.24, 2.45) is 0 Å². The van der Waals surface area contributed by atoms with Gasteiger partial charge in [0, 0.05) is 23.8 Å². The summed E-state index contributed by atoms with van der Waals surface area (Å²) in [5.74, 6) is 0.557. The normalized spacial score (nSPS) is 11.4. The van der Waals surface area contributed by atoms with E-state index in [1.54, 1.807) is 6.07 Å². The quantitative estimate of drug-likeness (QED) is 0.686. The molecule has 0 radical (unpaired) electrons. The summed E-state index contributed by atoms with van der Waals surface area (Å²) in [6, 6.07) is 9.34. The second-order valence-corrected chi connectivity index (χ2v) is 5.25. The molecule has 1 aromatic heterocycles. The van der Waals surface area contributed by atoms with Crippen LogP contribution in [0.5, 0.6) is 17.2 Å². The molecular weight excluding hydrogens is 353 g/mol. The summed E-state index contributed by atoms with van der Waals surface area (Å²) < 4.78 is 56.6.